The van der Waals surface area contributed by atoms with E-state index in [0.29, 0.717) is 24.9 Å². The summed E-state index contributed by atoms with van der Waals surface area (Å²) in [5, 5.41) is 2.84. The lowest BCUT2D eigenvalue weighted by Gasteiger charge is -2.27. The highest BCUT2D eigenvalue weighted by Crippen LogP contribution is 2.24. The third kappa shape index (κ3) is 3.61. The van der Waals surface area contributed by atoms with E-state index in [0.717, 1.165) is 18.5 Å². The van der Waals surface area contributed by atoms with Gasteiger partial charge in [0.25, 0.3) is 5.91 Å². The molecule has 6 nitrogen and oxygen atoms in total. The first-order valence-electron chi connectivity index (χ1n) is 8.21. The van der Waals surface area contributed by atoms with Gasteiger partial charge in [0.2, 0.25) is 5.91 Å². The van der Waals surface area contributed by atoms with Crippen LogP contribution in [0.1, 0.15) is 43.0 Å². The normalized spacial score (nSPS) is 26.4. The molecule has 0 radical (unpaired) electrons. The van der Waals surface area contributed by atoms with Gasteiger partial charge in [0.1, 0.15) is 0 Å². The summed E-state index contributed by atoms with van der Waals surface area (Å²) in [6, 6.07) is 6.90. The highest BCUT2D eigenvalue weighted by Gasteiger charge is 2.39. The van der Waals surface area contributed by atoms with Crippen LogP contribution in [0.4, 0.5) is 5.69 Å². The number of piperidine rings is 1. The first-order valence-corrected chi connectivity index (χ1v) is 10.0. The standard InChI is InChI=1S/C17H22N2O4S/c1-17(9-11-24(22,23)12-17)18-16(21)13-5-7-14(8-6-13)19-10-3-2-4-15(19)20/h5-8H,2-4,9-12H2,1H3,(H,18,21)/t17-/m0/s1. The number of benzene rings is 1. The number of nitrogens with one attached hydrogen (secondary N) is 1. The predicted molar refractivity (Wildman–Crippen MR) is 91.8 cm³/mol. The Hall–Kier alpha value is -1.89. The van der Waals surface area contributed by atoms with Gasteiger partial charge in [-0.1, -0.05) is 0 Å². The smallest absolute Gasteiger partial charge is 0.251 e. The topological polar surface area (TPSA) is 83.6 Å². The van der Waals surface area contributed by atoms with E-state index in [1.54, 1.807) is 36.1 Å². The van der Waals surface area contributed by atoms with Crippen molar-refractivity contribution in [3.05, 3.63) is 29.8 Å². The molecule has 2 amide bonds. The SMILES string of the molecule is C[C@]1(NC(=O)c2ccc(N3CCCCC3=O)cc2)CCS(=O)(=O)C1. The molecule has 2 fully saturated rings. The van der Waals surface area contributed by atoms with Crippen LogP contribution in [0.3, 0.4) is 0 Å². The summed E-state index contributed by atoms with van der Waals surface area (Å²) in [4.78, 5) is 26.1. The van der Waals surface area contributed by atoms with Gasteiger partial charge in [-0.25, -0.2) is 8.42 Å². The minimum Gasteiger partial charge on any atom is -0.346 e. The zero-order valence-electron chi connectivity index (χ0n) is 13.7. The molecular weight excluding hydrogens is 328 g/mol. The van der Waals surface area contributed by atoms with Crippen LogP contribution in [0.15, 0.2) is 24.3 Å². The van der Waals surface area contributed by atoms with E-state index >= 15 is 0 Å². The minimum atomic E-state index is -3.07. The van der Waals surface area contributed by atoms with Crippen molar-refractivity contribution in [3.63, 3.8) is 0 Å². The Morgan fingerprint density at radius 2 is 1.92 bits per heavy atom. The van der Waals surface area contributed by atoms with E-state index in [4.69, 9.17) is 0 Å². The van der Waals surface area contributed by atoms with Crippen molar-refractivity contribution in [3.8, 4) is 0 Å². The van der Waals surface area contributed by atoms with Crippen molar-refractivity contribution in [2.24, 2.45) is 0 Å². The molecule has 0 unspecified atom stereocenters. The highest BCUT2D eigenvalue weighted by atomic mass is 32.2. The van der Waals surface area contributed by atoms with Gasteiger partial charge in [-0.15, -0.1) is 0 Å². The van der Waals surface area contributed by atoms with Crippen molar-refractivity contribution in [2.75, 3.05) is 23.0 Å². The Balaban J connectivity index is 1.69. The molecule has 3 rings (SSSR count). The van der Waals surface area contributed by atoms with Gasteiger partial charge in [0.15, 0.2) is 9.84 Å². The fraction of sp³-hybridized carbons (Fsp3) is 0.529. The number of hydrogen-bond donors (Lipinski definition) is 1. The maximum absolute atomic E-state index is 12.4. The largest absolute Gasteiger partial charge is 0.346 e. The Labute approximate surface area is 142 Å². The maximum Gasteiger partial charge on any atom is 0.251 e. The lowest BCUT2D eigenvalue weighted by atomic mass is 10.0. The van der Waals surface area contributed by atoms with Gasteiger partial charge in [0, 0.05) is 24.2 Å². The second-order valence-corrected chi connectivity index (χ2v) is 9.09. The molecule has 0 saturated carbocycles. The van der Waals surface area contributed by atoms with Gasteiger partial charge in [-0.3, -0.25) is 9.59 Å². The summed E-state index contributed by atoms with van der Waals surface area (Å²) in [6.07, 6.45) is 2.91. The third-order valence-corrected chi connectivity index (χ3v) is 6.59. The lowest BCUT2D eigenvalue weighted by molar-refractivity contribution is -0.119. The molecule has 2 aliphatic rings. The monoisotopic (exact) mass is 350 g/mol. The van der Waals surface area contributed by atoms with Crippen molar-refractivity contribution >= 4 is 27.3 Å². The van der Waals surface area contributed by atoms with Gasteiger partial charge in [-0.05, 0) is 50.5 Å². The molecule has 0 bridgehead atoms. The van der Waals surface area contributed by atoms with Crippen LogP contribution < -0.4 is 10.2 Å². The second-order valence-electron chi connectivity index (χ2n) is 6.91. The number of anilines is 1. The Kier molecular flexibility index (Phi) is 4.38. The van der Waals surface area contributed by atoms with Crippen molar-refractivity contribution in [1.82, 2.24) is 5.32 Å². The van der Waals surface area contributed by atoms with E-state index in [9.17, 15) is 18.0 Å². The molecule has 0 aromatic heterocycles. The van der Waals surface area contributed by atoms with Crippen LogP contribution in [0, 0.1) is 0 Å². The summed E-state index contributed by atoms with van der Waals surface area (Å²) in [7, 11) is -3.07. The average molecular weight is 350 g/mol. The van der Waals surface area contributed by atoms with Crippen LogP contribution in [0.2, 0.25) is 0 Å². The van der Waals surface area contributed by atoms with Crippen LogP contribution >= 0.6 is 0 Å². The van der Waals surface area contributed by atoms with E-state index in [2.05, 4.69) is 5.32 Å². The van der Waals surface area contributed by atoms with Gasteiger partial charge >= 0.3 is 0 Å². The van der Waals surface area contributed by atoms with Crippen LogP contribution in [0.25, 0.3) is 0 Å². The zero-order chi connectivity index (χ0) is 17.4. The molecule has 1 atom stereocenters. The summed E-state index contributed by atoms with van der Waals surface area (Å²) in [6.45, 7) is 2.47. The first-order chi connectivity index (χ1) is 11.3. The molecule has 1 N–H and O–H groups in total. The number of sulfone groups is 1. The molecule has 0 spiro atoms. The molecular formula is C17H22N2O4S. The van der Waals surface area contributed by atoms with E-state index in [1.807, 2.05) is 0 Å². The average Bonchev–Trinajstić information content (AvgIpc) is 2.81. The maximum atomic E-state index is 12.4. The molecule has 7 heteroatoms. The number of hydrogen-bond acceptors (Lipinski definition) is 4. The molecule has 24 heavy (non-hydrogen) atoms. The molecule has 1 aromatic carbocycles. The molecule has 1 aromatic rings. The molecule has 2 aliphatic heterocycles. The van der Waals surface area contributed by atoms with Gasteiger partial charge in [0.05, 0.1) is 17.0 Å². The third-order valence-electron chi connectivity index (χ3n) is 4.68. The van der Waals surface area contributed by atoms with Gasteiger partial charge in [-0.2, -0.15) is 0 Å². The summed E-state index contributed by atoms with van der Waals surface area (Å²) in [5.41, 5.74) is 0.553. The van der Waals surface area contributed by atoms with Crippen molar-refractivity contribution in [1.29, 1.82) is 0 Å². The van der Waals surface area contributed by atoms with Crippen molar-refractivity contribution < 1.29 is 18.0 Å². The van der Waals surface area contributed by atoms with E-state index in [1.165, 1.54) is 0 Å². The Morgan fingerprint density at radius 3 is 2.50 bits per heavy atom. The quantitative estimate of drug-likeness (QED) is 0.896. The molecule has 2 saturated heterocycles. The zero-order valence-corrected chi connectivity index (χ0v) is 14.6. The number of nitrogens with zero attached hydrogens (tertiary/aromatic N) is 1. The predicted octanol–water partition coefficient (Wildman–Crippen LogP) is 1.51. The Bertz CT molecular complexity index is 757. The van der Waals surface area contributed by atoms with Gasteiger partial charge < -0.3 is 10.2 Å². The summed E-state index contributed by atoms with van der Waals surface area (Å²) < 4.78 is 23.3. The number of amides is 2. The number of carbonyl (C=O) groups is 2. The lowest BCUT2D eigenvalue weighted by Crippen LogP contribution is -2.46. The second kappa shape index (κ2) is 6.20. The minimum absolute atomic E-state index is 0.0217. The molecule has 0 aliphatic carbocycles. The highest BCUT2D eigenvalue weighted by molar-refractivity contribution is 7.91. The van der Waals surface area contributed by atoms with Crippen LogP contribution in [-0.4, -0.2) is 43.8 Å². The molecule has 2 heterocycles. The first kappa shape index (κ1) is 17.0. The van der Waals surface area contributed by atoms with Crippen LogP contribution in [0.5, 0.6) is 0 Å². The van der Waals surface area contributed by atoms with Crippen molar-refractivity contribution in [2.45, 2.75) is 38.1 Å². The summed E-state index contributed by atoms with van der Waals surface area (Å²) in [5.74, 6) is -0.0837. The summed E-state index contributed by atoms with van der Waals surface area (Å²) >= 11 is 0. The fourth-order valence-corrected chi connectivity index (χ4v) is 5.42. The Morgan fingerprint density at radius 1 is 1.21 bits per heavy atom. The fourth-order valence-electron chi connectivity index (χ4n) is 3.33. The van der Waals surface area contributed by atoms with E-state index in [-0.39, 0.29) is 23.3 Å². The van der Waals surface area contributed by atoms with E-state index < -0.39 is 15.4 Å². The van der Waals surface area contributed by atoms with Crippen LogP contribution in [-0.2, 0) is 14.6 Å². The number of carbonyl (C=O) groups excluding carboxylic acids is 2. The molecule has 130 valence electrons. The number of rotatable bonds is 3.